The molecule has 2 nitrogen and oxygen atoms in total. The predicted molar refractivity (Wildman–Crippen MR) is 67.0 cm³/mol. The van der Waals surface area contributed by atoms with E-state index >= 15 is 0 Å². The second kappa shape index (κ2) is 4.64. The highest BCUT2D eigenvalue weighted by Gasteiger charge is 2.31. The minimum absolute atomic E-state index is 0.228. The minimum atomic E-state index is -0.228. The van der Waals surface area contributed by atoms with Gasteiger partial charge in [-0.05, 0) is 25.0 Å². The van der Waals surface area contributed by atoms with Crippen LogP contribution < -0.4 is 10.5 Å². The van der Waals surface area contributed by atoms with Gasteiger partial charge < -0.3 is 10.5 Å². The maximum atomic E-state index is 6.48. The number of halogens is 1. The molecule has 0 amide bonds. The van der Waals surface area contributed by atoms with Crippen LogP contribution in [0.5, 0.6) is 5.75 Å². The molecule has 0 bridgehead atoms. The van der Waals surface area contributed by atoms with Crippen molar-refractivity contribution in [2.24, 2.45) is 5.73 Å². The molecule has 0 atom stereocenters. The van der Waals surface area contributed by atoms with Crippen molar-refractivity contribution in [3.8, 4) is 5.75 Å². The van der Waals surface area contributed by atoms with Crippen LogP contribution >= 0.6 is 11.6 Å². The SMILES string of the molecule is COc1cc(Cl)ccc1C1(N)CCCCC1. The fourth-order valence-corrected chi connectivity index (χ4v) is 2.69. The Morgan fingerprint density at radius 2 is 1.94 bits per heavy atom. The van der Waals surface area contributed by atoms with Gasteiger partial charge in [-0.2, -0.15) is 0 Å². The number of hydrogen-bond acceptors (Lipinski definition) is 2. The average molecular weight is 240 g/mol. The van der Waals surface area contributed by atoms with E-state index in [0.29, 0.717) is 5.02 Å². The second-order valence-corrected chi connectivity index (χ2v) is 5.00. The van der Waals surface area contributed by atoms with Crippen molar-refractivity contribution >= 4 is 11.6 Å². The van der Waals surface area contributed by atoms with Gasteiger partial charge in [0, 0.05) is 16.1 Å². The quantitative estimate of drug-likeness (QED) is 0.858. The van der Waals surface area contributed by atoms with Crippen LogP contribution in [0.4, 0.5) is 0 Å². The maximum absolute atomic E-state index is 6.48. The van der Waals surface area contributed by atoms with Gasteiger partial charge in [0.25, 0.3) is 0 Å². The first kappa shape index (κ1) is 11.7. The smallest absolute Gasteiger partial charge is 0.125 e. The number of ether oxygens (including phenoxy) is 1. The molecule has 0 heterocycles. The fraction of sp³-hybridized carbons (Fsp3) is 0.538. The summed E-state index contributed by atoms with van der Waals surface area (Å²) in [6.45, 7) is 0. The Kier molecular flexibility index (Phi) is 3.41. The van der Waals surface area contributed by atoms with Gasteiger partial charge in [-0.25, -0.2) is 0 Å². The lowest BCUT2D eigenvalue weighted by Gasteiger charge is -2.34. The van der Waals surface area contributed by atoms with E-state index in [1.807, 2.05) is 18.2 Å². The van der Waals surface area contributed by atoms with Crippen molar-refractivity contribution in [3.63, 3.8) is 0 Å². The lowest BCUT2D eigenvalue weighted by Crippen LogP contribution is -2.38. The second-order valence-electron chi connectivity index (χ2n) is 4.56. The summed E-state index contributed by atoms with van der Waals surface area (Å²) in [5.74, 6) is 0.817. The molecule has 1 aliphatic rings. The summed E-state index contributed by atoms with van der Waals surface area (Å²) >= 11 is 5.96. The van der Waals surface area contributed by atoms with Crippen molar-refractivity contribution in [3.05, 3.63) is 28.8 Å². The Hall–Kier alpha value is -0.730. The van der Waals surface area contributed by atoms with Crippen LogP contribution in [-0.4, -0.2) is 7.11 Å². The number of nitrogens with two attached hydrogens (primary N) is 1. The summed E-state index contributed by atoms with van der Waals surface area (Å²) in [6, 6.07) is 5.75. The highest BCUT2D eigenvalue weighted by molar-refractivity contribution is 6.30. The molecule has 0 radical (unpaired) electrons. The summed E-state index contributed by atoms with van der Waals surface area (Å²) in [6.07, 6.45) is 5.75. The normalized spacial score (nSPS) is 19.4. The fourth-order valence-electron chi connectivity index (χ4n) is 2.53. The molecule has 2 N–H and O–H groups in total. The monoisotopic (exact) mass is 239 g/mol. The molecule has 2 rings (SSSR count). The molecule has 0 saturated heterocycles. The van der Waals surface area contributed by atoms with Crippen LogP contribution in [0.2, 0.25) is 5.02 Å². The van der Waals surface area contributed by atoms with E-state index < -0.39 is 0 Å². The van der Waals surface area contributed by atoms with E-state index in [-0.39, 0.29) is 5.54 Å². The molecule has 1 aromatic carbocycles. The third-order valence-electron chi connectivity index (χ3n) is 3.45. The summed E-state index contributed by atoms with van der Waals surface area (Å²) in [7, 11) is 1.67. The molecule has 0 unspecified atom stereocenters. The highest BCUT2D eigenvalue weighted by Crippen LogP contribution is 2.39. The lowest BCUT2D eigenvalue weighted by atomic mass is 9.77. The zero-order valence-corrected chi connectivity index (χ0v) is 10.4. The summed E-state index contributed by atoms with van der Waals surface area (Å²) < 4.78 is 5.38. The van der Waals surface area contributed by atoms with Crippen LogP contribution in [0, 0.1) is 0 Å². The Bertz CT molecular complexity index is 372. The first-order chi connectivity index (χ1) is 7.65. The van der Waals surface area contributed by atoms with Crippen LogP contribution in [-0.2, 0) is 5.54 Å². The zero-order chi connectivity index (χ0) is 11.6. The molecular formula is C13H18ClNO. The van der Waals surface area contributed by atoms with Gasteiger partial charge >= 0.3 is 0 Å². The van der Waals surface area contributed by atoms with E-state index in [1.165, 1.54) is 19.3 Å². The highest BCUT2D eigenvalue weighted by atomic mass is 35.5. The van der Waals surface area contributed by atoms with Crippen molar-refractivity contribution < 1.29 is 4.74 Å². The number of hydrogen-bond donors (Lipinski definition) is 1. The number of methoxy groups -OCH3 is 1. The molecule has 0 aromatic heterocycles. The average Bonchev–Trinajstić information content (AvgIpc) is 2.29. The molecule has 1 saturated carbocycles. The Morgan fingerprint density at radius 3 is 2.56 bits per heavy atom. The summed E-state index contributed by atoms with van der Waals surface area (Å²) in [5, 5.41) is 0.694. The molecular weight excluding hydrogens is 222 g/mol. The van der Waals surface area contributed by atoms with E-state index in [9.17, 15) is 0 Å². The van der Waals surface area contributed by atoms with Crippen LogP contribution in [0.25, 0.3) is 0 Å². The first-order valence-electron chi connectivity index (χ1n) is 5.79. The van der Waals surface area contributed by atoms with Gasteiger partial charge in [-0.1, -0.05) is 36.9 Å². The molecule has 88 valence electrons. The summed E-state index contributed by atoms with van der Waals surface area (Å²) in [5.41, 5.74) is 7.35. The van der Waals surface area contributed by atoms with E-state index in [1.54, 1.807) is 7.11 Å². The minimum Gasteiger partial charge on any atom is -0.496 e. The van der Waals surface area contributed by atoms with E-state index in [4.69, 9.17) is 22.1 Å². The maximum Gasteiger partial charge on any atom is 0.125 e. The molecule has 0 spiro atoms. The number of rotatable bonds is 2. The molecule has 1 fully saturated rings. The molecule has 1 aromatic rings. The van der Waals surface area contributed by atoms with Crippen molar-refractivity contribution in [2.45, 2.75) is 37.6 Å². The Labute approximate surface area is 102 Å². The predicted octanol–water partition coefficient (Wildman–Crippen LogP) is 3.47. The van der Waals surface area contributed by atoms with Crippen LogP contribution in [0.3, 0.4) is 0 Å². The molecule has 3 heteroatoms. The summed E-state index contributed by atoms with van der Waals surface area (Å²) in [4.78, 5) is 0. The largest absolute Gasteiger partial charge is 0.496 e. The van der Waals surface area contributed by atoms with E-state index in [0.717, 1.165) is 24.2 Å². The lowest BCUT2D eigenvalue weighted by molar-refractivity contribution is 0.289. The van der Waals surface area contributed by atoms with Crippen molar-refractivity contribution in [1.82, 2.24) is 0 Å². The molecule has 0 aliphatic heterocycles. The van der Waals surface area contributed by atoms with Gasteiger partial charge in [0.1, 0.15) is 5.75 Å². The van der Waals surface area contributed by atoms with Gasteiger partial charge in [-0.15, -0.1) is 0 Å². The zero-order valence-electron chi connectivity index (χ0n) is 9.63. The Morgan fingerprint density at radius 1 is 1.25 bits per heavy atom. The van der Waals surface area contributed by atoms with Gasteiger partial charge in [0.15, 0.2) is 0 Å². The third-order valence-corrected chi connectivity index (χ3v) is 3.68. The molecule has 16 heavy (non-hydrogen) atoms. The Balaban J connectivity index is 2.37. The first-order valence-corrected chi connectivity index (χ1v) is 6.16. The van der Waals surface area contributed by atoms with Gasteiger partial charge in [0.2, 0.25) is 0 Å². The standard InChI is InChI=1S/C13H18ClNO/c1-16-12-9-10(14)5-6-11(12)13(15)7-3-2-4-8-13/h5-6,9H,2-4,7-8,15H2,1H3. The topological polar surface area (TPSA) is 35.2 Å². The van der Waals surface area contributed by atoms with Crippen LogP contribution in [0.1, 0.15) is 37.7 Å². The van der Waals surface area contributed by atoms with Gasteiger partial charge in [-0.3, -0.25) is 0 Å². The number of benzene rings is 1. The van der Waals surface area contributed by atoms with Gasteiger partial charge in [0.05, 0.1) is 7.11 Å². The van der Waals surface area contributed by atoms with Crippen molar-refractivity contribution in [2.75, 3.05) is 7.11 Å². The van der Waals surface area contributed by atoms with Crippen LogP contribution in [0.15, 0.2) is 18.2 Å². The third kappa shape index (κ3) is 2.18. The van der Waals surface area contributed by atoms with Crippen molar-refractivity contribution in [1.29, 1.82) is 0 Å². The van der Waals surface area contributed by atoms with E-state index in [2.05, 4.69) is 0 Å². The molecule has 1 aliphatic carbocycles.